The molecule has 4 rings (SSSR count). The summed E-state index contributed by atoms with van der Waals surface area (Å²) in [5, 5.41) is 0. The van der Waals surface area contributed by atoms with Crippen LogP contribution in [0.5, 0.6) is 5.88 Å². The Labute approximate surface area is 147 Å². The summed E-state index contributed by atoms with van der Waals surface area (Å²) in [6.45, 7) is 4.64. The van der Waals surface area contributed by atoms with Crippen LogP contribution in [0.3, 0.4) is 0 Å². The summed E-state index contributed by atoms with van der Waals surface area (Å²) in [6.07, 6.45) is 5.57. The Hall–Kier alpha value is -2.63. The van der Waals surface area contributed by atoms with E-state index in [1.807, 2.05) is 13.0 Å². The molecule has 1 aliphatic rings. The molecule has 0 aliphatic carbocycles. The molecule has 1 saturated heterocycles. The molecule has 0 unspecified atom stereocenters. The predicted molar refractivity (Wildman–Crippen MR) is 97.9 cm³/mol. The highest BCUT2D eigenvalue weighted by Gasteiger charge is 2.23. The summed E-state index contributed by atoms with van der Waals surface area (Å²) in [7, 11) is 2.09. The van der Waals surface area contributed by atoms with Crippen molar-refractivity contribution in [3.05, 3.63) is 42.4 Å². The van der Waals surface area contributed by atoms with Gasteiger partial charge < -0.3 is 14.2 Å². The summed E-state index contributed by atoms with van der Waals surface area (Å²) in [4.78, 5) is 15.7. The second-order valence-corrected chi connectivity index (χ2v) is 6.65. The number of hydrogen-bond donors (Lipinski definition) is 0. The molecule has 1 aromatic carbocycles. The fourth-order valence-electron chi connectivity index (χ4n) is 3.45. The SMILES string of the molecule is Cc1nccnc1OCC1CCN(c2nc3ccccc3n2C)CC1. The smallest absolute Gasteiger partial charge is 0.235 e. The van der Waals surface area contributed by atoms with Crippen molar-refractivity contribution in [3.8, 4) is 5.88 Å². The highest BCUT2D eigenvalue weighted by molar-refractivity contribution is 5.78. The van der Waals surface area contributed by atoms with E-state index in [4.69, 9.17) is 9.72 Å². The van der Waals surface area contributed by atoms with E-state index < -0.39 is 0 Å². The average molecular weight is 337 g/mol. The molecular weight excluding hydrogens is 314 g/mol. The zero-order valence-corrected chi connectivity index (χ0v) is 14.7. The molecule has 0 amide bonds. The van der Waals surface area contributed by atoms with Crippen molar-refractivity contribution >= 4 is 17.0 Å². The van der Waals surface area contributed by atoms with Crippen molar-refractivity contribution in [2.75, 3.05) is 24.6 Å². The first kappa shape index (κ1) is 15.9. The van der Waals surface area contributed by atoms with Gasteiger partial charge in [0.2, 0.25) is 11.8 Å². The molecule has 1 fully saturated rings. The molecular formula is C19H23N5O. The molecule has 3 aromatic rings. The number of piperidine rings is 1. The van der Waals surface area contributed by atoms with Gasteiger partial charge in [0.15, 0.2) is 0 Å². The minimum Gasteiger partial charge on any atom is -0.476 e. The lowest BCUT2D eigenvalue weighted by atomic mass is 9.98. The lowest BCUT2D eigenvalue weighted by Crippen LogP contribution is -2.37. The van der Waals surface area contributed by atoms with Gasteiger partial charge >= 0.3 is 0 Å². The van der Waals surface area contributed by atoms with E-state index in [0.717, 1.165) is 43.1 Å². The van der Waals surface area contributed by atoms with Gasteiger partial charge in [-0.25, -0.2) is 9.97 Å². The number of hydrogen-bond acceptors (Lipinski definition) is 5. The van der Waals surface area contributed by atoms with Gasteiger partial charge in [0.25, 0.3) is 0 Å². The lowest BCUT2D eigenvalue weighted by Gasteiger charge is -2.32. The van der Waals surface area contributed by atoms with Crippen LogP contribution >= 0.6 is 0 Å². The number of para-hydroxylation sites is 2. The Morgan fingerprint density at radius 1 is 1.12 bits per heavy atom. The maximum atomic E-state index is 5.88. The van der Waals surface area contributed by atoms with Crippen LogP contribution < -0.4 is 9.64 Å². The van der Waals surface area contributed by atoms with Crippen LogP contribution in [-0.4, -0.2) is 39.2 Å². The van der Waals surface area contributed by atoms with E-state index in [0.29, 0.717) is 18.4 Å². The Morgan fingerprint density at radius 2 is 1.88 bits per heavy atom. The van der Waals surface area contributed by atoms with E-state index >= 15 is 0 Å². The van der Waals surface area contributed by atoms with E-state index in [1.165, 1.54) is 5.52 Å². The topological polar surface area (TPSA) is 56.1 Å². The lowest BCUT2D eigenvalue weighted by molar-refractivity contribution is 0.213. The largest absolute Gasteiger partial charge is 0.476 e. The van der Waals surface area contributed by atoms with Gasteiger partial charge in [-0.2, -0.15) is 0 Å². The Balaban J connectivity index is 1.38. The Morgan fingerprint density at radius 3 is 2.64 bits per heavy atom. The molecule has 0 spiro atoms. The van der Waals surface area contributed by atoms with Crippen molar-refractivity contribution in [3.63, 3.8) is 0 Å². The maximum Gasteiger partial charge on any atom is 0.235 e. The standard InChI is InChI=1S/C19H23N5O/c1-14-18(21-10-9-20-14)25-13-15-7-11-24(12-8-15)19-22-16-5-3-4-6-17(16)23(19)2/h3-6,9-10,15H,7-8,11-13H2,1-2H3. The minimum absolute atomic E-state index is 0.548. The van der Waals surface area contributed by atoms with Crippen molar-refractivity contribution in [2.45, 2.75) is 19.8 Å². The molecule has 6 heteroatoms. The summed E-state index contributed by atoms with van der Waals surface area (Å²) in [6, 6.07) is 8.29. The number of ether oxygens (including phenoxy) is 1. The van der Waals surface area contributed by atoms with Crippen LogP contribution in [0.4, 0.5) is 5.95 Å². The van der Waals surface area contributed by atoms with Gasteiger partial charge in [-0.3, -0.25) is 4.98 Å². The monoisotopic (exact) mass is 337 g/mol. The molecule has 3 heterocycles. The van der Waals surface area contributed by atoms with Crippen molar-refractivity contribution in [2.24, 2.45) is 13.0 Å². The number of aromatic nitrogens is 4. The molecule has 0 N–H and O–H groups in total. The van der Waals surface area contributed by atoms with Crippen LogP contribution in [0.2, 0.25) is 0 Å². The second kappa shape index (κ2) is 6.70. The van der Waals surface area contributed by atoms with Gasteiger partial charge in [-0.05, 0) is 37.8 Å². The van der Waals surface area contributed by atoms with Crippen molar-refractivity contribution < 1.29 is 4.74 Å². The van der Waals surface area contributed by atoms with E-state index in [-0.39, 0.29) is 0 Å². The van der Waals surface area contributed by atoms with Crippen molar-refractivity contribution in [1.29, 1.82) is 0 Å². The summed E-state index contributed by atoms with van der Waals surface area (Å²) in [5.41, 5.74) is 3.09. The van der Waals surface area contributed by atoms with Crippen LogP contribution in [-0.2, 0) is 7.05 Å². The first-order valence-corrected chi connectivity index (χ1v) is 8.79. The third-order valence-corrected chi connectivity index (χ3v) is 4.95. The zero-order valence-electron chi connectivity index (χ0n) is 14.7. The summed E-state index contributed by atoms with van der Waals surface area (Å²) in [5.74, 6) is 2.26. The highest BCUT2D eigenvalue weighted by atomic mass is 16.5. The fourth-order valence-corrected chi connectivity index (χ4v) is 3.45. The average Bonchev–Trinajstić information content (AvgIpc) is 2.99. The fraction of sp³-hybridized carbons (Fsp3) is 0.421. The molecule has 0 saturated carbocycles. The Bertz CT molecular complexity index is 867. The first-order chi connectivity index (χ1) is 12.2. The normalized spacial score (nSPS) is 15.7. The van der Waals surface area contributed by atoms with Crippen LogP contribution in [0.15, 0.2) is 36.7 Å². The number of benzene rings is 1. The second-order valence-electron chi connectivity index (χ2n) is 6.65. The van der Waals surface area contributed by atoms with Gasteiger partial charge in [-0.1, -0.05) is 12.1 Å². The molecule has 0 bridgehead atoms. The highest BCUT2D eigenvalue weighted by Crippen LogP contribution is 2.26. The van der Waals surface area contributed by atoms with Gasteiger partial charge in [0, 0.05) is 32.5 Å². The Kier molecular flexibility index (Phi) is 4.26. The molecule has 130 valence electrons. The zero-order chi connectivity index (χ0) is 17.2. The number of aryl methyl sites for hydroxylation is 2. The summed E-state index contributed by atoms with van der Waals surface area (Å²) >= 11 is 0. The maximum absolute atomic E-state index is 5.88. The van der Waals surface area contributed by atoms with E-state index in [2.05, 4.69) is 44.7 Å². The van der Waals surface area contributed by atoms with Gasteiger partial charge in [0.05, 0.1) is 23.3 Å². The number of anilines is 1. The molecule has 25 heavy (non-hydrogen) atoms. The predicted octanol–water partition coefficient (Wildman–Crippen LogP) is 2.97. The van der Waals surface area contributed by atoms with Crippen LogP contribution in [0, 0.1) is 12.8 Å². The molecule has 2 aromatic heterocycles. The number of fused-ring (bicyclic) bond motifs is 1. The summed E-state index contributed by atoms with van der Waals surface area (Å²) < 4.78 is 8.07. The third-order valence-electron chi connectivity index (χ3n) is 4.95. The minimum atomic E-state index is 0.548. The van der Waals surface area contributed by atoms with E-state index in [9.17, 15) is 0 Å². The van der Waals surface area contributed by atoms with E-state index in [1.54, 1.807) is 12.4 Å². The molecule has 1 aliphatic heterocycles. The van der Waals surface area contributed by atoms with Gasteiger partial charge in [0.1, 0.15) is 0 Å². The molecule has 0 atom stereocenters. The van der Waals surface area contributed by atoms with Crippen molar-refractivity contribution in [1.82, 2.24) is 19.5 Å². The van der Waals surface area contributed by atoms with Gasteiger partial charge in [-0.15, -0.1) is 0 Å². The molecule has 0 radical (unpaired) electrons. The van der Waals surface area contributed by atoms with Crippen LogP contribution in [0.25, 0.3) is 11.0 Å². The number of imidazole rings is 1. The third kappa shape index (κ3) is 3.16. The quantitative estimate of drug-likeness (QED) is 0.732. The number of nitrogens with zero attached hydrogens (tertiary/aromatic N) is 5. The first-order valence-electron chi connectivity index (χ1n) is 8.79. The number of rotatable bonds is 4. The molecule has 6 nitrogen and oxygen atoms in total. The van der Waals surface area contributed by atoms with Crippen LogP contribution in [0.1, 0.15) is 18.5 Å².